The number of benzene rings is 1. The summed E-state index contributed by atoms with van der Waals surface area (Å²) in [6.07, 6.45) is -3.74. The molecule has 0 N–H and O–H groups in total. The summed E-state index contributed by atoms with van der Waals surface area (Å²) in [5.74, 6) is -0.590. The van der Waals surface area contributed by atoms with Crippen LogP contribution in [0.3, 0.4) is 0 Å². The van der Waals surface area contributed by atoms with Crippen molar-refractivity contribution in [3.05, 3.63) is 35.4 Å². The zero-order valence-corrected chi connectivity index (χ0v) is 15.9. The van der Waals surface area contributed by atoms with Crippen LogP contribution >= 0.6 is 0 Å². The third kappa shape index (κ3) is 5.69. The molecule has 0 radical (unpaired) electrons. The van der Waals surface area contributed by atoms with Crippen LogP contribution in [0.1, 0.15) is 24.0 Å². The first-order valence-electron chi connectivity index (χ1n) is 8.92. The van der Waals surface area contributed by atoms with E-state index in [0.29, 0.717) is 26.1 Å². The predicted octanol–water partition coefficient (Wildman–Crippen LogP) is 2.46. The van der Waals surface area contributed by atoms with Crippen molar-refractivity contribution in [1.29, 1.82) is 0 Å². The monoisotopic (exact) mass is 385 g/mol. The average Bonchev–Trinajstić information content (AvgIpc) is 2.59. The number of piperidine rings is 1. The number of halogens is 3. The largest absolute Gasteiger partial charge is 0.416 e. The molecule has 5 nitrogen and oxygen atoms in total. The maximum Gasteiger partial charge on any atom is 0.416 e. The Hall–Kier alpha value is -2.09. The van der Waals surface area contributed by atoms with E-state index in [2.05, 4.69) is 0 Å². The fourth-order valence-electron chi connectivity index (χ4n) is 3.23. The minimum absolute atomic E-state index is 0.0194. The lowest BCUT2D eigenvalue weighted by Gasteiger charge is -2.34. The third-order valence-electron chi connectivity index (χ3n) is 4.77. The number of carbonyl (C=O) groups is 2. The molecule has 1 saturated heterocycles. The number of rotatable bonds is 6. The molecule has 1 fully saturated rings. The van der Waals surface area contributed by atoms with Crippen LogP contribution < -0.4 is 0 Å². The second-order valence-electron chi connectivity index (χ2n) is 7.23. The van der Waals surface area contributed by atoms with Crippen LogP contribution in [0.15, 0.2) is 24.3 Å². The normalized spacial score (nSPS) is 18.1. The van der Waals surface area contributed by atoms with Crippen LogP contribution in [0.5, 0.6) is 0 Å². The first kappa shape index (κ1) is 21.2. The molecule has 27 heavy (non-hydrogen) atoms. The fourth-order valence-corrected chi connectivity index (χ4v) is 3.23. The van der Waals surface area contributed by atoms with Gasteiger partial charge in [0.2, 0.25) is 11.8 Å². The molecule has 0 saturated carbocycles. The Kier molecular flexibility index (Phi) is 6.86. The molecule has 0 spiro atoms. The Labute approximate surface area is 157 Å². The van der Waals surface area contributed by atoms with Crippen molar-refractivity contribution in [2.45, 2.75) is 25.6 Å². The summed E-state index contributed by atoms with van der Waals surface area (Å²) in [4.78, 5) is 29.8. The van der Waals surface area contributed by atoms with Crippen molar-refractivity contribution in [2.24, 2.45) is 5.92 Å². The highest BCUT2D eigenvalue weighted by Gasteiger charge is 2.35. The number of hydrogen-bond acceptors (Lipinski definition) is 3. The molecular weight excluding hydrogens is 359 g/mol. The lowest BCUT2D eigenvalue weighted by atomic mass is 9.95. The Balaban J connectivity index is 2.04. The van der Waals surface area contributed by atoms with E-state index in [1.54, 1.807) is 4.90 Å². The van der Waals surface area contributed by atoms with Gasteiger partial charge in [-0.1, -0.05) is 18.2 Å². The maximum absolute atomic E-state index is 13.1. The summed E-state index contributed by atoms with van der Waals surface area (Å²) < 4.78 is 39.4. The van der Waals surface area contributed by atoms with Crippen molar-refractivity contribution in [1.82, 2.24) is 14.7 Å². The Morgan fingerprint density at radius 1 is 1.22 bits per heavy atom. The fraction of sp³-hybridized carbons (Fsp3) is 0.579. The van der Waals surface area contributed by atoms with E-state index < -0.39 is 11.7 Å². The number of amides is 2. The van der Waals surface area contributed by atoms with Crippen LogP contribution in [0.2, 0.25) is 0 Å². The van der Waals surface area contributed by atoms with E-state index in [4.69, 9.17) is 0 Å². The zero-order chi connectivity index (χ0) is 20.2. The van der Waals surface area contributed by atoms with Gasteiger partial charge in [-0.3, -0.25) is 9.59 Å². The molecule has 0 aliphatic carbocycles. The highest BCUT2D eigenvalue weighted by atomic mass is 19.4. The number of nitrogens with zero attached hydrogens (tertiary/aromatic N) is 3. The molecule has 1 aliphatic rings. The van der Waals surface area contributed by atoms with Gasteiger partial charge in [0.25, 0.3) is 0 Å². The first-order chi connectivity index (χ1) is 12.6. The summed E-state index contributed by atoms with van der Waals surface area (Å²) >= 11 is 0. The van der Waals surface area contributed by atoms with Gasteiger partial charge >= 0.3 is 6.18 Å². The van der Waals surface area contributed by atoms with Gasteiger partial charge in [-0.2, -0.15) is 13.2 Å². The summed E-state index contributed by atoms with van der Waals surface area (Å²) in [6, 6.07) is 5.28. The van der Waals surface area contributed by atoms with Gasteiger partial charge in [0.15, 0.2) is 0 Å². The van der Waals surface area contributed by atoms with Crippen molar-refractivity contribution in [3.63, 3.8) is 0 Å². The highest BCUT2D eigenvalue weighted by molar-refractivity contribution is 5.83. The standard InChI is InChI=1S/C19H26F3N3O2/c1-23(2)10-11-25-13-15(8-9-17(25)26)18(27)24(3)12-14-6-4-5-7-16(14)19(20,21)22/h4-7,15H,8-13H2,1-3H3. The number of likely N-dealkylation sites (tertiary alicyclic amines) is 1. The van der Waals surface area contributed by atoms with Gasteiger partial charge in [0.1, 0.15) is 0 Å². The quantitative estimate of drug-likeness (QED) is 0.756. The molecule has 1 aliphatic heterocycles. The summed E-state index contributed by atoms with van der Waals surface area (Å²) in [7, 11) is 5.32. The summed E-state index contributed by atoms with van der Waals surface area (Å²) in [5.41, 5.74) is -0.659. The van der Waals surface area contributed by atoms with Gasteiger partial charge in [0.05, 0.1) is 11.5 Å². The van der Waals surface area contributed by atoms with Crippen LogP contribution in [-0.4, -0.2) is 67.3 Å². The molecule has 1 aromatic carbocycles. The minimum atomic E-state index is -4.46. The molecular formula is C19H26F3N3O2. The van der Waals surface area contributed by atoms with E-state index in [-0.39, 0.29) is 36.3 Å². The molecule has 1 unspecified atom stereocenters. The Morgan fingerprint density at radius 2 is 1.89 bits per heavy atom. The van der Waals surface area contributed by atoms with E-state index in [1.165, 1.54) is 30.1 Å². The third-order valence-corrected chi connectivity index (χ3v) is 4.77. The first-order valence-corrected chi connectivity index (χ1v) is 8.92. The van der Waals surface area contributed by atoms with Gasteiger partial charge < -0.3 is 14.7 Å². The lowest BCUT2D eigenvalue weighted by molar-refractivity contribution is -0.144. The molecule has 1 atom stereocenters. The zero-order valence-electron chi connectivity index (χ0n) is 15.9. The van der Waals surface area contributed by atoms with E-state index in [1.807, 2.05) is 19.0 Å². The van der Waals surface area contributed by atoms with Crippen LogP contribution in [0.25, 0.3) is 0 Å². The SMILES string of the molecule is CN(C)CCN1CC(C(=O)N(C)Cc2ccccc2C(F)(F)F)CCC1=O. The second kappa shape index (κ2) is 8.73. The molecule has 8 heteroatoms. The molecule has 0 bridgehead atoms. The van der Waals surface area contributed by atoms with Gasteiger partial charge in [-0.15, -0.1) is 0 Å². The molecule has 150 valence electrons. The average molecular weight is 385 g/mol. The van der Waals surface area contributed by atoms with Crippen molar-refractivity contribution >= 4 is 11.8 Å². The van der Waals surface area contributed by atoms with Gasteiger partial charge in [-0.05, 0) is 32.1 Å². The van der Waals surface area contributed by atoms with E-state index >= 15 is 0 Å². The molecule has 0 aromatic heterocycles. The van der Waals surface area contributed by atoms with Crippen molar-refractivity contribution in [2.75, 3.05) is 40.8 Å². The van der Waals surface area contributed by atoms with Crippen molar-refractivity contribution in [3.8, 4) is 0 Å². The summed E-state index contributed by atoms with van der Waals surface area (Å²) in [6.45, 7) is 1.44. The minimum Gasteiger partial charge on any atom is -0.341 e. The molecule has 1 heterocycles. The predicted molar refractivity (Wildman–Crippen MR) is 95.8 cm³/mol. The van der Waals surface area contributed by atoms with Crippen molar-refractivity contribution < 1.29 is 22.8 Å². The second-order valence-corrected chi connectivity index (χ2v) is 7.23. The van der Waals surface area contributed by atoms with E-state index in [0.717, 1.165) is 6.07 Å². The van der Waals surface area contributed by atoms with Crippen LogP contribution in [-0.2, 0) is 22.3 Å². The van der Waals surface area contributed by atoms with Gasteiger partial charge in [0, 0.05) is 39.6 Å². The van der Waals surface area contributed by atoms with E-state index in [9.17, 15) is 22.8 Å². The number of hydrogen-bond donors (Lipinski definition) is 0. The summed E-state index contributed by atoms with van der Waals surface area (Å²) in [5, 5.41) is 0. The Morgan fingerprint density at radius 3 is 2.52 bits per heavy atom. The number of carbonyl (C=O) groups excluding carboxylic acids is 2. The molecule has 2 amide bonds. The topological polar surface area (TPSA) is 43.9 Å². The number of likely N-dealkylation sites (N-methyl/N-ethyl adjacent to an activating group) is 1. The smallest absolute Gasteiger partial charge is 0.341 e. The molecule has 1 aromatic rings. The molecule has 2 rings (SSSR count). The Bertz CT molecular complexity index is 676. The maximum atomic E-state index is 13.1. The van der Waals surface area contributed by atoms with Crippen LogP contribution in [0, 0.1) is 5.92 Å². The van der Waals surface area contributed by atoms with Crippen LogP contribution in [0.4, 0.5) is 13.2 Å². The highest BCUT2D eigenvalue weighted by Crippen LogP contribution is 2.32. The number of alkyl halides is 3. The van der Waals surface area contributed by atoms with Gasteiger partial charge in [-0.25, -0.2) is 0 Å². The lowest BCUT2D eigenvalue weighted by Crippen LogP contribution is -2.47.